The van der Waals surface area contributed by atoms with Gasteiger partial charge in [0.05, 0.1) is 0 Å². The van der Waals surface area contributed by atoms with E-state index in [2.05, 4.69) is 15.6 Å². The van der Waals surface area contributed by atoms with Crippen LogP contribution in [0.1, 0.15) is 39.9 Å². The molecule has 172 valence electrons. The number of benzene rings is 2. The molecule has 0 bridgehead atoms. The lowest BCUT2D eigenvalue weighted by Crippen LogP contribution is -2.52. The molecule has 1 saturated heterocycles. The number of aromatic nitrogens is 1. The first kappa shape index (κ1) is 21.6. The van der Waals surface area contributed by atoms with Gasteiger partial charge in [0.25, 0.3) is 5.91 Å². The first-order valence-corrected chi connectivity index (χ1v) is 11.0. The summed E-state index contributed by atoms with van der Waals surface area (Å²) in [5.41, 5.74) is 2.91. The van der Waals surface area contributed by atoms with Crippen molar-refractivity contribution in [3.8, 4) is 0 Å². The van der Waals surface area contributed by atoms with Gasteiger partial charge in [-0.05, 0) is 40.6 Å². The molecule has 2 aliphatic heterocycles. The number of hydrogen-bond donors (Lipinski definition) is 2. The van der Waals surface area contributed by atoms with Gasteiger partial charge in [-0.2, -0.15) is 0 Å². The van der Waals surface area contributed by atoms with E-state index in [4.69, 9.17) is 4.74 Å². The van der Waals surface area contributed by atoms with Crippen LogP contribution in [-0.2, 0) is 34.0 Å². The topological polar surface area (TPSA) is 118 Å². The van der Waals surface area contributed by atoms with Gasteiger partial charge < -0.3 is 15.0 Å². The molecule has 0 aliphatic carbocycles. The summed E-state index contributed by atoms with van der Waals surface area (Å²) < 4.78 is 5.36. The lowest BCUT2D eigenvalue weighted by atomic mass is 10.0. The lowest BCUT2D eigenvalue weighted by Gasteiger charge is -2.29. The fraction of sp³-hybridized carbons (Fsp3) is 0.240. The van der Waals surface area contributed by atoms with Crippen LogP contribution in [0.15, 0.2) is 54.9 Å². The smallest absolute Gasteiger partial charge is 0.407 e. The molecule has 34 heavy (non-hydrogen) atoms. The van der Waals surface area contributed by atoms with E-state index >= 15 is 0 Å². The first-order valence-electron chi connectivity index (χ1n) is 11.0. The maximum atomic E-state index is 12.9. The summed E-state index contributed by atoms with van der Waals surface area (Å²) in [4.78, 5) is 54.4. The predicted octanol–water partition coefficient (Wildman–Crippen LogP) is 2.42. The number of rotatable bonds is 5. The monoisotopic (exact) mass is 458 g/mol. The highest BCUT2D eigenvalue weighted by molar-refractivity contribution is 6.05. The van der Waals surface area contributed by atoms with Crippen molar-refractivity contribution < 1.29 is 23.9 Å². The molecular formula is C25H22N4O5. The third-order valence-corrected chi connectivity index (χ3v) is 6.16. The third-order valence-electron chi connectivity index (χ3n) is 6.16. The minimum absolute atomic E-state index is 0.110. The van der Waals surface area contributed by atoms with Crippen molar-refractivity contribution >= 4 is 34.6 Å². The second kappa shape index (κ2) is 8.93. The Hall–Kier alpha value is -4.27. The summed E-state index contributed by atoms with van der Waals surface area (Å²) in [6.07, 6.45) is 3.41. The molecule has 0 saturated carbocycles. The number of carbonyl (C=O) groups excluding carboxylic acids is 4. The van der Waals surface area contributed by atoms with Crippen molar-refractivity contribution in [2.45, 2.75) is 38.6 Å². The highest BCUT2D eigenvalue weighted by Crippen LogP contribution is 2.28. The molecule has 5 rings (SSSR count). The average Bonchev–Trinajstić information content (AvgIpc) is 3.17. The van der Waals surface area contributed by atoms with Crippen molar-refractivity contribution in [3.63, 3.8) is 0 Å². The van der Waals surface area contributed by atoms with Gasteiger partial charge in [-0.25, -0.2) is 4.79 Å². The molecule has 3 aromatic rings. The van der Waals surface area contributed by atoms with E-state index in [0.29, 0.717) is 18.5 Å². The number of hydrogen-bond acceptors (Lipinski definition) is 6. The van der Waals surface area contributed by atoms with E-state index in [-0.39, 0.29) is 31.4 Å². The minimum atomic E-state index is -0.654. The van der Waals surface area contributed by atoms with Crippen LogP contribution in [0, 0.1) is 0 Å². The SMILES string of the molecule is O=C1CCC(N2Cc3ccc(CNC(=O)OCc4cccc5ccncc45)cc3C2=O)C(=O)N1. The van der Waals surface area contributed by atoms with Gasteiger partial charge in [0.2, 0.25) is 11.8 Å². The molecule has 3 heterocycles. The molecule has 1 fully saturated rings. The fourth-order valence-electron chi connectivity index (χ4n) is 4.38. The molecular weight excluding hydrogens is 436 g/mol. The van der Waals surface area contributed by atoms with Gasteiger partial charge in [0, 0.05) is 42.9 Å². The first-order chi connectivity index (χ1) is 16.5. The zero-order chi connectivity index (χ0) is 23.7. The number of alkyl carbamates (subject to hydrolysis) is 1. The molecule has 9 nitrogen and oxygen atoms in total. The number of carbonyl (C=O) groups is 4. The van der Waals surface area contributed by atoms with Crippen molar-refractivity contribution in [2.24, 2.45) is 0 Å². The molecule has 0 spiro atoms. The number of amides is 4. The fourth-order valence-corrected chi connectivity index (χ4v) is 4.38. The summed E-state index contributed by atoms with van der Waals surface area (Å²) in [5, 5.41) is 6.95. The Kier molecular flexibility index (Phi) is 5.67. The molecule has 1 unspecified atom stereocenters. The Morgan fingerprint density at radius 3 is 2.91 bits per heavy atom. The Labute approximate surface area is 195 Å². The predicted molar refractivity (Wildman–Crippen MR) is 121 cm³/mol. The Balaban J connectivity index is 1.19. The van der Waals surface area contributed by atoms with Crippen molar-refractivity contribution in [1.82, 2.24) is 20.5 Å². The van der Waals surface area contributed by atoms with Crippen LogP contribution < -0.4 is 10.6 Å². The molecule has 1 aromatic heterocycles. The average molecular weight is 458 g/mol. The zero-order valence-corrected chi connectivity index (χ0v) is 18.2. The van der Waals surface area contributed by atoms with E-state index in [9.17, 15) is 19.2 Å². The number of imide groups is 1. The standard InChI is InChI=1S/C25H22N4O5/c30-22-7-6-21(23(31)28-22)29-13-17-5-4-15(10-19(17)24(29)32)11-27-25(33)34-14-18-3-1-2-16-8-9-26-12-20(16)18/h1-5,8-10,12,21H,6-7,11,13-14H2,(H,27,33)(H,28,30,31). The maximum Gasteiger partial charge on any atom is 0.407 e. The number of pyridine rings is 1. The van der Waals surface area contributed by atoms with Gasteiger partial charge in [-0.1, -0.05) is 30.3 Å². The third kappa shape index (κ3) is 4.19. The molecule has 0 radical (unpaired) electrons. The largest absolute Gasteiger partial charge is 0.445 e. The van der Waals surface area contributed by atoms with E-state index in [1.807, 2.05) is 36.4 Å². The van der Waals surface area contributed by atoms with Crippen molar-refractivity contribution in [2.75, 3.05) is 0 Å². The molecule has 9 heteroatoms. The van der Waals surface area contributed by atoms with Crippen LogP contribution in [0.2, 0.25) is 0 Å². The second-order valence-corrected chi connectivity index (χ2v) is 8.34. The normalized spacial score (nSPS) is 17.5. The van der Waals surface area contributed by atoms with E-state index in [0.717, 1.165) is 27.5 Å². The number of piperidine rings is 1. The maximum absolute atomic E-state index is 12.9. The van der Waals surface area contributed by atoms with Crippen molar-refractivity contribution in [1.29, 1.82) is 0 Å². The van der Waals surface area contributed by atoms with Crippen LogP contribution in [-0.4, -0.2) is 39.7 Å². The quantitative estimate of drug-likeness (QED) is 0.567. The number of nitrogens with zero attached hydrogens (tertiary/aromatic N) is 2. The zero-order valence-electron chi connectivity index (χ0n) is 18.2. The van der Waals surface area contributed by atoms with E-state index < -0.39 is 18.0 Å². The minimum Gasteiger partial charge on any atom is -0.445 e. The number of ether oxygens (including phenoxy) is 1. The molecule has 2 aliphatic rings. The van der Waals surface area contributed by atoms with Crippen LogP contribution >= 0.6 is 0 Å². The highest BCUT2D eigenvalue weighted by atomic mass is 16.5. The summed E-state index contributed by atoms with van der Waals surface area (Å²) in [6, 6.07) is 12.4. The van der Waals surface area contributed by atoms with Crippen LogP contribution in [0.4, 0.5) is 4.79 Å². The van der Waals surface area contributed by atoms with Gasteiger partial charge in [-0.15, -0.1) is 0 Å². The molecule has 2 aromatic carbocycles. The van der Waals surface area contributed by atoms with Crippen LogP contribution in [0.25, 0.3) is 10.8 Å². The molecule has 2 N–H and O–H groups in total. The van der Waals surface area contributed by atoms with Crippen LogP contribution in [0.3, 0.4) is 0 Å². The van der Waals surface area contributed by atoms with Gasteiger partial charge in [0.1, 0.15) is 12.6 Å². The van der Waals surface area contributed by atoms with E-state index in [1.165, 1.54) is 4.90 Å². The second-order valence-electron chi connectivity index (χ2n) is 8.34. The Morgan fingerprint density at radius 2 is 2.06 bits per heavy atom. The Bertz CT molecular complexity index is 1320. The number of nitrogens with one attached hydrogen (secondary N) is 2. The lowest BCUT2D eigenvalue weighted by molar-refractivity contribution is -0.136. The molecule has 1 atom stereocenters. The van der Waals surface area contributed by atoms with Gasteiger partial charge in [0.15, 0.2) is 0 Å². The molecule has 4 amide bonds. The summed E-state index contributed by atoms with van der Waals surface area (Å²) in [7, 11) is 0. The van der Waals surface area contributed by atoms with Crippen LogP contribution in [0.5, 0.6) is 0 Å². The highest BCUT2D eigenvalue weighted by Gasteiger charge is 2.39. The summed E-state index contributed by atoms with van der Waals surface area (Å²) in [5.74, 6) is -1.01. The van der Waals surface area contributed by atoms with E-state index in [1.54, 1.807) is 18.5 Å². The summed E-state index contributed by atoms with van der Waals surface area (Å²) >= 11 is 0. The van der Waals surface area contributed by atoms with Crippen molar-refractivity contribution in [3.05, 3.63) is 77.1 Å². The Morgan fingerprint density at radius 1 is 1.18 bits per heavy atom. The van der Waals surface area contributed by atoms with Gasteiger partial charge in [-0.3, -0.25) is 24.7 Å². The summed E-state index contributed by atoms with van der Waals surface area (Å²) in [6.45, 7) is 0.615. The van der Waals surface area contributed by atoms with Gasteiger partial charge >= 0.3 is 6.09 Å². The number of fused-ring (bicyclic) bond motifs is 2.